The fourth-order valence-corrected chi connectivity index (χ4v) is 3.62. The van der Waals surface area contributed by atoms with E-state index < -0.39 is 5.97 Å². The van der Waals surface area contributed by atoms with Crippen molar-refractivity contribution >= 4 is 12.0 Å². The van der Waals surface area contributed by atoms with Crippen LogP contribution in [-0.4, -0.2) is 40.6 Å². The summed E-state index contributed by atoms with van der Waals surface area (Å²) >= 11 is 0. The molecule has 0 aromatic heterocycles. The molecule has 1 unspecified atom stereocenters. The van der Waals surface area contributed by atoms with Crippen LogP contribution in [0, 0.1) is 10.8 Å². The zero-order chi connectivity index (χ0) is 15.8. The first kappa shape index (κ1) is 16.1. The maximum atomic E-state index is 12.5. The topological polar surface area (TPSA) is 69.6 Å². The van der Waals surface area contributed by atoms with Crippen molar-refractivity contribution in [3.63, 3.8) is 0 Å². The lowest BCUT2D eigenvalue weighted by molar-refractivity contribution is -0.137. The molecular formula is C16H28N2O3. The Morgan fingerprint density at radius 3 is 2.33 bits per heavy atom. The van der Waals surface area contributed by atoms with Crippen LogP contribution in [0.3, 0.4) is 0 Å². The molecule has 0 aromatic carbocycles. The number of amides is 2. The van der Waals surface area contributed by atoms with Crippen LogP contribution in [0.4, 0.5) is 4.79 Å². The first-order valence-electron chi connectivity index (χ1n) is 7.97. The van der Waals surface area contributed by atoms with Crippen LogP contribution in [-0.2, 0) is 4.79 Å². The fraction of sp³-hybridized carbons (Fsp3) is 0.875. The second-order valence-electron chi connectivity index (χ2n) is 7.60. The van der Waals surface area contributed by atoms with E-state index in [2.05, 4.69) is 33.0 Å². The molecule has 5 heteroatoms. The van der Waals surface area contributed by atoms with Crippen LogP contribution in [0.15, 0.2) is 0 Å². The molecule has 2 N–H and O–H groups in total. The van der Waals surface area contributed by atoms with E-state index in [1.165, 1.54) is 0 Å². The Balaban J connectivity index is 1.95. The number of nitrogens with zero attached hydrogens (tertiary/aromatic N) is 1. The predicted octanol–water partition coefficient (Wildman–Crippen LogP) is 2.85. The van der Waals surface area contributed by atoms with Gasteiger partial charge in [0.05, 0.1) is 0 Å². The summed E-state index contributed by atoms with van der Waals surface area (Å²) in [6.45, 7) is 9.45. The number of carboxylic acid groups (broad SMARTS) is 1. The number of urea groups is 1. The number of hydrogen-bond donors (Lipinski definition) is 2. The summed E-state index contributed by atoms with van der Waals surface area (Å²) < 4.78 is 0. The van der Waals surface area contributed by atoms with Gasteiger partial charge in [-0.15, -0.1) is 0 Å². The highest BCUT2D eigenvalue weighted by Gasteiger charge is 2.65. The molecule has 120 valence electrons. The monoisotopic (exact) mass is 296 g/mol. The molecule has 1 heterocycles. The van der Waals surface area contributed by atoms with Crippen LogP contribution in [0.25, 0.3) is 0 Å². The average Bonchev–Trinajstić information content (AvgIpc) is 2.79. The Morgan fingerprint density at radius 1 is 1.19 bits per heavy atom. The smallest absolute Gasteiger partial charge is 0.317 e. The van der Waals surface area contributed by atoms with Crippen molar-refractivity contribution in [1.82, 2.24) is 10.2 Å². The molecule has 2 rings (SSSR count). The summed E-state index contributed by atoms with van der Waals surface area (Å²) in [5, 5.41) is 12.0. The maximum absolute atomic E-state index is 12.5. The molecule has 2 amide bonds. The summed E-state index contributed by atoms with van der Waals surface area (Å²) in [6.07, 6.45) is 3.69. The van der Waals surface area contributed by atoms with Gasteiger partial charge in [-0.05, 0) is 36.5 Å². The van der Waals surface area contributed by atoms with Crippen molar-refractivity contribution in [3.05, 3.63) is 0 Å². The molecule has 2 aliphatic rings. The van der Waals surface area contributed by atoms with E-state index in [1.807, 2.05) is 4.90 Å². The molecule has 0 bridgehead atoms. The molecule has 0 aromatic rings. The van der Waals surface area contributed by atoms with E-state index in [0.29, 0.717) is 6.42 Å². The van der Waals surface area contributed by atoms with E-state index in [1.54, 1.807) is 0 Å². The number of nitrogens with one attached hydrogen (secondary N) is 1. The van der Waals surface area contributed by atoms with E-state index in [9.17, 15) is 9.59 Å². The Bertz CT molecular complexity index is 417. The second kappa shape index (κ2) is 5.50. The first-order valence-corrected chi connectivity index (χ1v) is 7.97. The molecule has 0 spiro atoms. The van der Waals surface area contributed by atoms with Crippen LogP contribution >= 0.6 is 0 Å². The third kappa shape index (κ3) is 3.01. The normalized spacial score (nSPS) is 27.2. The molecule has 1 atom stereocenters. The highest BCUT2D eigenvalue weighted by atomic mass is 16.4. The molecule has 1 aliphatic heterocycles. The van der Waals surface area contributed by atoms with Crippen LogP contribution in [0.5, 0.6) is 0 Å². The Morgan fingerprint density at radius 2 is 1.81 bits per heavy atom. The standard InChI is InChI=1S/C16H28N2O3/c1-15(2)13(16(15,3)4)17-14(21)18-10-6-5-7-11(18)8-9-12(19)20/h11,13H,5-10H2,1-4H3,(H,17,21)(H,19,20). The van der Waals surface area contributed by atoms with Crippen LogP contribution in [0.1, 0.15) is 59.8 Å². The fourth-order valence-electron chi connectivity index (χ4n) is 3.62. The summed E-state index contributed by atoms with van der Waals surface area (Å²) in [7, 11) is 0. The highest BCUT2D eigenvalue weighted by Crippen LogP contribution is 2.62. The molecule has 21 heavy (non-hydrogen) atoms. The van der Waals surface area contributed by atoms with Gasteiger partial charge >= 0.3 is 12.0 Å². The quantitative estimate of drug-likeness (QED) is 0.838. The Hall–Kier alpha value is -1.26. The SMILES string of the molecule is CC1(C)C(NC(=O)N2CCCCC2CCC(=O)O)C1(C)C. The number of aliphatic carboxylic acids is 1. The Labute approximate surface area is 127 Å². The van der Waals surface area contributed by atoms with Crippen molar-refractivity contribution in [2.45, 2.75) is 71.9 Å². The summed E-state index contributed by atoms with van der Waals surface area (Å²) in [5.74, 6) is -0.787. The maximum Gasteiger partial charge on any atom is 0.317 e. The van der Waals surface area contributed by atoms with Gasteiger partial charge in [0.1, 0.15) is 0 Å². The van der Waals surface area contributed by atoms with E-state index in [0.717, 1.165) is 25.8 Å². The third-order valence-electron chi connectivity index (χ3n) is 5.87. The lowest BCUT2D eigenvalue weighted by Crippen LogP contribution is -2.50. The predicted molar refractivity (Wildman–Crippen MR) is 81.1 cm³/mol. The molecular weight excluding hydrogens is 268 g/mol. The van der Waals surface area contributed by atoms with Crippen molar-refractivity contribution < 1.29 is 14.7 Å². The zero-order valence-corrected chi connectivity index (χ0v) is 13.6. The van der Waals surface area contributed by atoms with E-state index in [4.69, 9.17) is 5.11 Å². The number of hydrogen-bond acceptors (Lipinski definition) is 2. The Kier molecular flexibility index (Phi) is 4.22. The van der Waals surface area contributed by atoms with Gasteiger partial charge in [-0.3, -0.25) is 4.79 Å². The van der Waals surface area contributed by atoms with Crippen molar-refractivity contribution in [2.75, 3.05) is 6.54 Å². The molecule has 5 nitrogen and oxygen atoms in total. The van der Waals surface area contributed by atoms with E-state index in [-0.39, 0.29) is 35.4 Å². The third-order valence-corrected chi connectivity index (χ3v) is 5.87. The lowest BCUT2D eigenvalue weighted by atomic mass is 9.98. The molecule has 0 radical (unpaired) electrons. The van der Waals surface area contributed by atoms with Crippen molar-refractivity contribution in [2.24, 2.45) is 10.8 Å². The van der Waals surface area contributed by atoms with Gasteiger partial charge in [0.2, 0.25) is 0 Å². The van der Waals surface area contributed by atoms with Gasteiger partial charge in [-0.25, -0.2) is 4.79 Å². The number of carboxylic acids is 1. The van der Waals surface area contributed by atoms with Crippen molar-refractivity contribution in [3.8, 4) is 0 Å². The molecule has 1 saturated carbocycles. The largest absolute Gasteiger partial charge is 0.481 e. The van der Waals surface area contributed by atoms with Gasteiger partial charge in [0.25, 0.3) is 0 Å². The average molecular weight is 296 g/mol. The van der Waals surface area contributed by atoms with E-state index >= 15 is 0 Å². The highest BCUT2D eigenvalue weighted by molar-refractivity contribution is 5.76. The summed E-state index contributed by atoms with van der Waals surface area (Å²) in [6, 6.07) is 0.244. The van der Waals surface area contributed by atoms with Gasteiger partial charge in [0.15, 0.2) is 0 Å². The van der Waals surface area contributed by atoms with Gasteiger partial charge in [-0.2, -0.15) is 0 Å². The summed E-state index contributed by atoms with van der Waals surface area (Å²) in [5.41, 5.74) is 0.240. The lowest BCUT2D eigenvalue weighted by Gasteiger charge is -2.36. The van der Waals surface area contributed by atoms with Gasteiger partial charge < -0.3 is 15.3 Å². The van der Waals surface area contributed by atoms with Gasteiger partial charge in [0, 0.05) is 25.0 Å². The number of carbonyl (C=O) groups excluding carboxylic acids is 1. The number of likely N-dealkylation sites (tertiary alicyclic amines) is 1. The summed E-state index contributed by atoms with van der Waals surface area (Å²) in [4.78, 5) is 25.2. The molecule has 1 aliphatic carbocycles. The van der Waals surface area contributed by atoms with Crippen LogP contribution < -0.4 is 5.32 Å². The number of rotatable bonds is 4. The minimum atomic E-state index is -0.787. The minimum Gasteiger partial charge on any atom is -0.481 e. The van der Waals surface area contributed by atoms with Crippen LogP contribution in [0.2, 0.25) is 0 Å². The number of piperidine rings is 1. The molecule has 1 saturated heterocycles. The second-order valence-corrected chi connectivity index (χ2v) is 7.60. The molecule has 2 fully saturated rings. The van der Waals surface area contributed by atoms with Crippen molar-refractivity contribution in [1.29, 1.82) is 0 Å². The minimum absolute atomic E-state index is 0.0197. The van der Waals surface area contributed by atoms with Gasteiger partial charge in [-0.1, -0.05) is 27.7 Å². The first-order chi connectivity index (χ1) is 9.68. The zero-order valence-electron chi connectivity index (χ0n) is 13.6. The number of carbonyl (C=O) groups is 2.